The highest BCUT2D eigenvalue weighted by Gasteiger charge is 2.27. The highest BCUT2D eigenvalue weighted by molar-refractivity contribution is 5.95. The molecule has 2 rings (SSSR count). The summed E-state index contributed by atoms with van der Waals surface area (Å²) in [6.45, 7) is 4.28. The van der Waals surface area contributed by atoms with Gasteiger partial charge in [0.05, 0.1) is 12.0 Å². The molecule has 1 aromatic rings. The molecule has 0 unspecified atom stereocenters. The van der Waals surface area contributed by atoms with E-state index in [0.29, 0.717) is 12.1 Å². The summed E-state index contributed by atoms with van der Waals surface area (Å²) in [5.41, 5.74) is 0.273. The van der Waals surface area contributed by atoms with Gasteiger partial charge in [0.2, 0.25) is 0 Å². The van der Waals surface area contributed by atoms with Crippen LogP contribution in [0.15, 0.2) is 18.2 Å². The number of hydrogen-bond acceptors (Lipinski definition) is 5. The Morgan fingerprint density at radius 2 is 2.14 bits per heavy atom. The number of methoxy groups -OCH3 is 1. The summed E-state index contributed by atoms with van der Waals surface area (Å²) in [4.78, 5) is 26.9. The Hall–Kier alpha value is -2.15. The SMILES string of the molecule is COc1cc(C(=O)N2CCN(C)C[C@H]2C)ccc1[N+](=O)[O-]. The summed E-state index contributed by atoms with van der Waals surface area (Å²) in [6.07, 6.45) is 0. The summed E-state index contributed by atoms with van der Waals surface area (Å²) >= 11 is 0. The minimum Gasteiger partial charge on any atom is -0.490 e. The third-order valence-electron chi connectivity index (χ3n) is 3.71. The van der Waals surface area contributed by atoms with Gasteiger partial charge in [-0.05, 0) is 20.0 Å². The molecule has 1 atom stereocenters. The zero-order valence-corrected chi connectivity index (χ0v) is 12.4. The summed E-state index contributed by atoms with van der Waals surface area (Å²) in [5.74, 6) is -0.0172. The lowest BCUT2D eigenvalue weighted by Crippen LogP contribution is -2.52. The van der Waals surface area contributed by atoms with Gasteiger partial charge in [0, 0.05) is 43.4 Å². The Morgan fingerprint density at radius 1 is 1.43 bits per heavy atom. The van der Waals surface area contributed by atoms with E-state index in [1.54, 1.807) is 4.90 Å². The van der Waals surface area contributed by atoms with Crippen molar-refractivity contribution < 1.29 is 14.5 Å². The molecule has 1 aromatic carbocycles. The van der Waals surface area contributed by atoms with Gasteiger partial charge in [-0.3, -0.25) is 14.9 Å². The zero-order chi connectivity index (χ0) is 15.6. The molecule has 7 heteroatoms. The Balaban J connectivity index is 2.25. The minimum absolute atomic E-state index is 0.104. The number of ether oxygens (including phenoxy) is 1. The van der Waals surface area contributed by atoms with E-state index in [0.717, 1.165) is 13.1 Å². The molecule has 21 heavy (non-hydrogen) atoms. The fourth-order valence-electron chi connectivity index (χ4n) is 2.57. The van der Waals surface area contributed by atoms with Crippen molar-refractivity contribution in [2.45, 2.75) is 13.0 Å². The van der Waals surface area contributed by atoms with E-state index < -0.39 is 4.92 Å². The first kappa shape index (κ1) is 15.2. The molecule has 7 nitrogen and oxygen atoms in total. The van der Waals surface area contributed by atoms with Crippen molar-refractivity contribution in [2.75, 3.05) is 33.8 Å². The predicted octanol–water partition coefficient (Wildman–Crippen LogP) is 1.38. The lowest BCUT2D eigenvalue weighted by atomic mass is 10.1. The number of likely N-dealkylation sites (N-methyl/N-ethyl adjacent to an activating group) is 1. The normalized spacial score (nSPS) is 19.4. The molecule has 0 saturated carbocycles. The Labute approximate surface area is 123 Å². The first-order valence-corrected chi connectivity index (χ1v) is 6.76. The number of hydrogen-bond donors (Lipinski definition) is 0. The fraction of sp³-hybridized carbons (Fsp3) is 0.500. The number of nitrogens with zero attached hydrogens (tertiary/aromatic N) is 3. The van der Waals surface area contributed by atoms with Crippen LogP contribution in [-0.4, -0.2) is 60.5 Å². The lowest BCUT2D eigenvalue weighted by molar-refractivity contribution is -0.385. The van der Waals surface area contributed by atoms with Crippen LogP contribution in [0.4, 0.5) is 5.69 Å². The zero-order valence-electron chi connectivity index (χ0n) is 12.4. The summed E-state index contributed by atoms with van der Waals surface area (Å²) in [7, 11) is 3.38. The highest BCUT2D eigenvalue weighted by Crippen LogP contribution is 2.28. The number of amides is 1. The molecule has 0 bridgehead atoms. The van der Waals surface area contributed by atoms with E-state index in [9.17, 15) is 14.9 Å². The van der Waals surface area contributed by atoms with Crippen LogP contribution in [-0.2, 0) is 0 Å². The number of carbonyl (C=O) groups excluding carboxylic acids is 1. The van der Waals surface area contributed by atoms with Gasteiger partial charge in [0.25, 0.3) is 5.91 Å². The molecule has 0 radical (unpaired) electrons. The van der Waals surface area contributed by atoms with Crippen molar-refractivity contribution in [3.63, 3.8) is 0 Å². The summed E-state index contributed by atoms with van der Waals surface area (Å²) < 4.78 is 5.01. The number of nitro groups is 1. The molecule has 0 N–H and O–H groups in total. The van der Waals surface area contributed by atoms with E-state index in [2.05, 4.69) is 4.90 Å². The molecule has 0 aliphatic carbocycles. The van der Waals surface area contributed by atoms with E-state index in [4.69, 9.17) is 4.74 Å². The van der Waals surface area contributed by atoms with E-state index in [1.165, 1.54) is 25.3 Å². The van der Waals surface area contributed by atoms with Gasteiger partial charge < -0.3 is 14.5 Å². The smallest absolute Gasteiger partial charge is 0.310 e. The first-order valence-electron chi connectivity index (χ1n) is 6.76. The van der Waals surface area contributed by atoms with Gasteiger partial charge >= 0.3 is 5.69 Å². The second-order valence-corrected chi connectivity index (χ2v) is 5.25. The largest absolute Gasteiger partial charge is 0.490 e. The Morgan fingerprint density at radius 3 is 2.71 bits per heavy atom. The first-order chi connectivity index (χ1) is 9.93. The van der Waals surface area contributed by atoms with Gasteiger partial charge in [-0.2, -0.15) is 0 Å². The molecule has 114 valence electrons. The number of benzene rings is 1. The standard InChI is InChI=1S/C14H19N3O4/c1-10-9-15(2)6-7-16(10)14(18)11-4-5-12(17(19)20)13(8-11)21-3/h4-5,8,10H,6-7,9H2,1-3H3/t10-/m1/s1. The second-order valence-electron chi connectivity index (χ2n) is 5.25. The maximum atomic E-state index is 12.5. The monoisotopic (exact) mass is 293 g/mol. The number of rotatable bonds is 3. The molecule has 1 aliphatic rings. The maximum Gasteiger partial charge on any atom is 0.310 e. The van der Waals surface area contributed by atoms with Gasteiger partial charge in [0.1, 0.15) is 0 Å². The van der Waals surface area contributed by atoms with Crippen molar-refractivity contribution in [2.24, 2.45) is 0 Å². The predicted molar refractivity (Wildman–Crippen MR) is 77.6 cm³/mol. The quantitative estimate of drug-likeness (QED) is 0.621. The molecule has 0 aromatic heterocycles. The third kappa shape index (κ3) is 3.13. The van der Waals surface area contributed by atoms with E-state index in [1.807, 2.05) is 14.0 Å². The fourth-order valence-corrected chi connectivity index (χ4v) is 2.57. The van der Waals surface area contributed by atoms with Crippen LogP contribution < -0.4 is 4.74 Å². The lowest BCUT2D eigenvalue weighted by Gasteiger charge is -2.38. The molecule has 1 amide bonds. The van der Waals surface area contributed by atoms with Gasteiger partial charge in [-0.1, -0.05) is 0 Å². The van der Waals surface area contributed by atoms with E-state index >= 15 is 0 Å². The van der Waals surface area contributed by atoms with Crippen LogP contribution in [0.2, 0.25) is 0 Å². The van der Waals surface area contributed by atoms with Crippen LogP contribution in [0.1, 0.15) is 17.3 Å². The molecule has 1 fully saturated rings. The van der Waals surface area contributed by atoms with Crippen LogP contribution in [0.25, 0.3) is 0 Å². The second kappa shape index (κ2) is 6.09. The molecule has 0 spiro atoms. The van der Waals surface area contributed by atoms with Crippen molar-refractivity contribution >= 4 is 11.6 Å². The highest BCUT2D eigenvalue weighted by atomic mass is 16.6. The van der Waals surface area contributed by atoms with Crippen LogP contribution in [0.3, 0.4) is 0 Å². The number of piperazine rings is 1. The summed E-state index contributed by atoms with van der Waals surface area (Å²) in [5, 5.41) is 10.9. The number of carbonyl (C=O) groups is 1. The summed E-state index contributed by atoms with van der Waals surface area (Å²) in [6, 6.07) is 4.34. The molecule has 1 aliphatic heterocycles. The van der Waals surface area contributed by atoms with Gasteiger partial charge in [0.15, 0.2) is 5.75 Å². The maximum absolute atomic E-state index is 12.5. The van der Waals surface area contributed by atoms with Crippen LogP contribution in [0, 0.1) is 10.1 Å². The van der Waals surface area contributed by atoms with Crippen molar-refractivity contribution in [3.05, 3.63) is 33.9 Å². The average molecular weight is 293 g/mol. The third-order valence-corrected chi connectivity index (χ3v) is 3.71. The Bertz CT molecular complexity index is 561. The van der Waals surface area contributed by atoms with Crippen LogP contribution in [0.5, 0.6) is 5.75 Å². The average Bonchev–Trinajstić information content (AvgIpc) is 2.45. The molecule has 1 saturated heterocycles. The molecular weight excluding hydrogens is 274 g/mol. The Kier molecular flexibility index (Phi) is 4.42. The van der Waals surface area contributed by atoms with Crippen molar-refractivity contribution in [3.8, 4) is 5.75 Å². The van der Waals surface area contributed by atoms with Gasteiger partial charge in [-0.25, -0.2) is 0 Å². The molecule has 1 heterocycles. The number of nitro benzene ring substituents is 1. The minimum atomic E-state index is -0.522. The van der Waals surface area contributed by atoms with Crippen molar-refractivity contribution in [1.82, 2.24) is 9.80 Å². The van der Waals surface area contributed by atoms with Gasteiger partial charge in [-0.15, -0.1) is 0 Å². The van der Waals surface area contributed by atoms with Crippen LogP contribution >= 0.6 is 0 Å². The van der Waals surface area contributed by atoms with Crippen molar-refractivity contribution in [1.29, 1.82) is 0 Å². The topological polar surface area (TPSA) is 75.9 Å². The molecular formula is C14H19N3O4. The van der Waals surface area contributed by atoms with E-state index in [-0.39, 0.29) is 23.4 Å².